The highest BCUT2D eigenvalue weighted by molar-refractivity contribution is 6.09. The van der Waals surface area contributed by atoms with Crippen LogP contribution >= 0.6 is 0 Å². The van der Waals surface area contributed by atoms with Gasteiger partial charge in [-0.05, 0) is 131 Å². The van der Waals surface area contributed by atoms with Crippen molar-refractivity contribution in [1.29, 1.82) is 0 Å². The Kier molecular flexibility index (Phi) is 8.38. The number of anilines is 6. The van der Waals surface area contributed by atoms with Gasteiger partial charge in [-0.25, -0.2) is 0 Å². The van der Waals surface area contributed by atoms with Gasteiger partial charge in [0.1, 0.15) is 0 Å². The first-order valence-corrected chi connectivity index (χ1v) is 23.8. The summed E-state index contributed by atoms with van der Waals surface area (Å²) in [5.41, 5.74) is 22.2. The van der Waals surface area contributed by atoms with Crippen molar-refractivity contribution in [3.05, 3.63) is 240 Å². The van der Waals surface area contributed by atoms with Crippen LogP contribution in [0.1, 0.15) is 74.9 Å². The van der Waals surface area contributed by atoms with Crippen molar-refractivity contribution in [1.82, 2.24) is 0 Å². The number of hydrogen-bond donors (Lipinski definition) is 0. The topological polar surface area (TPSA) is 6.48 Å². The zero-order valence-corrected chi connectivity index (χ0v) is 39.0. The maximum atomic E-state index is 2.60. The van der Waals surface area contributed by atoms with Crippen LogP contribution in [0, 0.1) is 0 Å². The molecule has 0 atom stereocenters. The summed E-state index contributed by atoms with van der Waals surface area (Å²) in [5.74, 6) is 0. The van der Waals surface area contributed by atoms with Crippen LogP contribution in [0.4, 0.5) is 34.1 Å². The van der Waals surface area contributed by atoms with Gasteiger partial charge in [0.25, 0.3) is 0 Å². The van der Waals surface area contributed by atoms with E-state index in [0.717, 1.165) is 22.7 Å². The zero-order chi connectivity index (χ0) is 45.4. The van der Waals surface area contributed by atoms with Crippen molar-refractivity contribution in [2.24, 2.45) is 0 Å². The summed E-state index contributed by atoms with van der Waals surface area (Å²) in [6.07, 6.45) is 0. The van der Waals surface area contributed by atoms with Gasteiger partial charge in [0, 0.05) is 33.0 Å². The average molecular weight is 861 g/mol. The lowest BCUT2D eigenvalue weighted by atomic mass is 9.70. The molecule has 13 rings (SSSR count). The lowest BCUT2D eigenvalue weighted by molar-refractivity contribution is 0.634. The first-order valence-electron chi connectivity index (χ1n) is 23.8. The highest BCUT2D eigenvalue weighted by Crippen LogP contribution is 2.60. The number of fused-ring (bicyclic) bond motifs is 10. The molecule has 0 unspecified atom stereocenters. The van der Waals surface area contributed by atoms with Gasteiger partial charge >= 0.3 is 0 Å². The second kappa shape index (κ2) is 14.2. The molecule has 0 spiro atoms. The standard InChI is InChI=1S/C65H52N2/c1-63(2)53-25-13-11-22-49(53)51-35-33-45(39-56(51)63)66(46-34-36-52-50-23-12-14-26-54(50)64(3,4)57(52)40-46)60-37-32-42-19-9-10-21-48(42)62(60)67-58-28-16-15-27-55(58)65(5,6)61-47(24-17-29-59(61)67)44-31-30-41-18-7-8-20-43(41)38-44/h7-40H,1-6H3. The van der Waals surface area contributed by atoms with Gasteiger partial charge in [-0.15, -0.1) is 0 Å². The van der Waals surface area contributed by atoms with Crippen molar-refractivity contribution < 1.29 is 0 Å². The van der Waals surface area contributed by atoms with Crippen molar-refractivity contribution in [3.63, 3.8) is 0 Å². The highest BCUT2D eigenvalue weighted by Gasteiger charge is 2.42. The average Bonchev–Trinajstić information content (AvgIpc) is 3.73. The van der Waals surface area contributed by atoms with Crippen LogP contribution in [-0.4, -0.2) is 0 Å². The predicted octanol–water partition coefficient (Wildman–Crippen LogP) is 17.9. The molecule has 67 heavy (non-hydrogen) atoms. The predicted molar refractivity (Wildman–Crippen MR) is 284 cm³/mol. The monoisotopic (exact) mass is 860 g/mol. The van der Waals surface area contributed by atoms with Crippen LogP contribution in [0.2, 0.25) is 0 Å². The fraction of sp³-hybridized carbons (Fsp3) is 0.138. The van der Waals surface area contributed by atoms with E-state index in [-0.39, 0.29) is 16.2 Å². The molecule has 10 aromatic carbocycles. The Morgan fingerprint density at radius 1 is 0.343 bits per heavy atom. The zero-order valence-electron chi connectivity index (χ0n) is 39.0. The van der Waals surface area contributed by atoms with Gasteiger partial charge in [0.15, 0.2) is 0 Å². The van der Waals surface area contributed by atoms with Crippen LogP contribution in [0.5, 0.6) is 0 Å². The molecule has 2 nitrogen and oxygen atoms in total. The molecule has 0 saturated carbocycles. The summed E-state index contributed by atoms with van der Waals surface area (Å²) in [5, 5.41) is 4.90. The molecule has 10 aromatic rings. The fourth-order valence-corrected chi connectivity index (χ4v) is 12.4. The number of rotatable bonds is 5. The molecule has 322 valence electrons. The molecule has 0 N–H and O–H groups in total. The van der Waals surface area contributed by atoms with Crippen LogP contribution in [-0.2, 0) is 16.2 Å². The molecular weight excluding hydrogens is 809 g/mol. The first-order chi connectivity index (χ1) is 32.5. The molecular formula is C65H52N2. The number of para-hydroxylation sites is 1. The number of benzene rings is 10. The summed E-state index contributed by atoms with van der Waals surface area (Å²) >= 11 is 0. The largest absolute Gasteiger partial charge is 0.308 e. The van der Waals surface area contributed by atoms with Crippen LogP contribution < -0.4 is 9.80 Å². The maximum absolute atomic E-state index is 2.60. The second-order valence-corrected chi connectivity index (χ2v) is 20.5. The summed E-state index contributed by atoms with van der Waals surface area (Å²) in [4.78, 5) is 5.17. The Bertz CT molecular complexity index is 3590. The SMILES string of the molecule is CC1(C)c2ccccc2-c2ccc(N(c3ccc4c(c3)C(C)(C)c3ccccc3-4)c3ccc4ccccc4c3N3c4ccccc4C(C)(C)c4c(-c5ccc6ccccc6c5)cccc43)cc21. The van der Waals surface area contributed by atoms with Gasteiger partial charge in [-0.2, -0.15) is 0 Å². The Balaban J connectivity index is 1.11. The van der Waals surface area contributed by atoms with Crippen molar-refractivity contribution >= 4 is 55.7 Å². The molecule has 0 bridgehead atoms. The van der Waals surface area contributed by atoms with Crippen molar-refractivity contribution in [3.8, 4) is 33.4 Å². The smallest absolute Gasteiger partial charge is 0.0781 e. The quantitative estimate of drug-likeness (QED) is 0.170. The molecule has 2 aliphatic carbocycles. The molecule has 0 fully saturated rings. The van der Waals surface area contributed by atoms with Crippen molar-refractivity contribution in [2.45, 2.75) is 57.8 Å². The van der Waals surface area contributed by atoms with E-state index in [1.807, 2.05) is 0 Å². The normalized spacial score (nSPS) is 15.3. The molecule has 2 heteroatoms. The molecule has 0 radical (unpaired) electrons. The third-order valence-electron chi connectivity index (χ3n) is 15.8. The van der Waals surface area contributed by atoms with E-state index in [0.29, 0.717) is 0 Å². The minimum atomic E-state index is -0.309. The van der Waals surface area contributed by atoms with Crippen molar-refractivity contribution in [2.75, 3.05) is 9.80 Å². The Morgan fingerprint density at radius 3 is 1.52 bits per heavy atom. The summed E-state index contributed by atoms with van der Waals surface area (Å²) in [6, 6.07) is 77.8. The van der Waals surface area contributed by atoms with Crippen LogP contribution in [0.25, 0.3) is 54.9 Å². The van der Waals surface area contributed by atoms with E-state index in [4.69, 9.17) is 0 Å². The summed E-state index contributed by atoms with van der Waals surface area (Å²) < 4.78 is 0. The lowest BCUT2D eigenvalue weighted by Crippen LogP contribution is -2.32. The van der Waals surface area contributed by atoms with Gasteiger partial charge < -0.3 is 9.80 Å². The van der Waals surface area contributed by atoms with Gasteiger partial charge in [-0.1, -0.05) is 199 Å². The first kappa shape index (κ1) is 39.7. The Labute approximate surface area is 394 Å². The van der Waals surface area contributed by atoms with E-state index in [9.17, 15) is 0 Å². The minimum Gasteiger partial charge on any atom is -0.308 e. The van der Waals surface area contributed by atoms with E-state index in [1.54, 1.807) is 0 Å². The van der Waals surface area contributed by atoms with Gasteiger partial charge in [0.2, 0.25) is 0 Å². The highest BCUT2D eigenvalue weighted by atomic mass is 15.2. The van der Waals surface area contributed by atoms with Crippen LogP contribution in [0.3, 0.4) is 0 Å². The Morgan fingerprint density at radius 2 is 0.851 bits per heavy atom. The molecule has 0 aromatic heterocycles. The molecule has 1 heterocycles. The number of hydrogen-bond acceptors (Lipinski definition) is 2. The minimum absolute atomic E-state index is 0.170. The second-order valence-electron chi connectivity index (χ2n) is 20.5. The summed E-state index contributed by atoms with van der Waals surface area (Å²) in [7, 11) is 0. The molecule has 0 amide bonds. The van der Waals surface area contributed by atoms with Gasteiger partial charge in [0.05, 0.1) is 22.7 Å². The van der Waals surface area contributed by atoms with Crippen LogP contribution in [0.15, 0.2) is 206 Å². The van der Waals surface area contributed by atoms with Gasteiger partial charge in [-0.3, -0.25) is 0 Å². The third-order valence-corrected chi connectivity index (χ3v) is 15.8. The number of nitrogens with zero attached hydrogens (tertiary/aromatic N) is 2. The summed E-state index contributed by atoms with van der Waals surface area (Å²) in [6.45, 7) is 14.4. The molecule has 0 saturated heterocycles. The van der Waals surface area contributed by atoms with E-state index in [1.165, 1.54) is 99.7 Å². The fourth-order valence-electron chi connectivity index (χ4n) is 12.4. The van der Waals surface area contributed by atoms with E-state index < -0.39 is 0 Å². The molecule has 1 aliphatic heterocycles. The Hall–Kier alpha value is -7.68. The van der Waals surface area contributed by atoms with E-state index >= 15 is 0 Å². The lowest BCUT2D eigenvalue weighted by Gasteiger charge is -2.44. The van der Waals surface area contributed by atoms with E-state index in [2.05, 4.69) is 258 Å². The molecule has 3 aliphatic rings. The maximum Gasteiger partial charge on any atom is 0.0781 e. The third kappa shape index (κ3) is 5.63.